The average molecular weight is 455 g/mol. The predicted molar refractivity (Wildman–Crippen MR) is 100 cm³/mol. The summed E-state index contributed by atoms with van der Waals surface area (Å²) >= 11 is 11.9. The van der Waals surface area contributed by atoms with Crippen LogP contribution >= 0.6 is 23.2 Å². The van der Waals surface area contributed by atoms with Gasteiger partial charge in [-0.05, 0) is 37.0 Å². The number of amides is 1. The number of nitrogens with zero attached hydrogens (tertiary/aromatic N) is 2. The van der Waals surface area contributed by atoms with Crippen LogP contribution in [0.5, 0.6) is 11.5 Å². The molecule has 1 aliphatic rings. The topological polar surface area (TPSA) is 136 Å². The molecule has 0 aliphatic heterocycles. The number of ether oxygens (including phenoxy) is 2. The molecule has 2 aromatic rings. The Kier molecular flexibility index (Phi) is 8.83. The Bertz CT molecular complexity index is 908. The van der Waals surface area contributed by atoms with Crippen molar-refractivity contribution in [1.29, 1.82) is 0 Å². The maximum absolute atomic E-state index is 12.6. The van der Waals surface area contributed by atoms with E-state index in [4.69, 9.17) is 27.9 Å². The number of pyridine rings is 1. The zero-order valence-corrected chi connectivity index (χ0v) is 16.3. The molecule has 1 saturated carbocycles. The average Bonchev–Trinajstić information content (AvgIpc) is 3.40. The molecule has 1 aromatic carbocycles. The summed E-state index contributed by atoms with van der Waals surface area (Å²) in [7, 11) is 0. The number of hydrogen-bond donors (Lipinski definition) is 1. The Balaban J connectivity index is 0.00000210. The molecule has 0 atom stereocenters. The Morgan fingerprint density at radius 1 is 1.21 bits per heavy atom. The van der Waals surface area contributed by atoms with Crippen molar-refractivity contribution in [2.75, 3.05) is 6.61 Å². The number of halogens is 4. The quantitative estimate of drug-likeness (QED) is 0.670. The third kappa shape index (κ3) is 6.57. The van der Waals surface area contributed by atoms with Crippen molar-refractivity contribution in [3.05, 3.63) is 51.6 Å². The molecule has 1 fully saturated rings. The lowest BCUT2D eigenvalue weighted by Crippen LogP contribution is -2.13. The molecule has 1 aliphatic carbocycles. The van der Waals surface area contributed by atoms with E-state index in [1.165, 1.54) is 18.2 Å². The third-order valence-corrected chi connectivity index (χ3v) is 4.29. The molecule has 12 heteroatoms. The van der Waals surface area contributed by atoms with Crippen LogP contribution in [0.2, 0.25) is 10.0 Å². The lowest BCUT2D eigenvalue weighted by atomic mass is 10.2. The Hall–Kier alpha value is -2.40. The number of benzene rings is 1. The monoisotopic (exact) mass is 454 g/mol. The molecule has 0 saturated heterocycles. The fraction of sp³-hybridized carbons (Fsp3) is 0.294. The summed E-state index contributed by atoms with van der Waals surface area (Å²) in [5.41, 5.74) is 0.0790. The summed E-state index contributed by atoms with van der Waals surface area (Å²) in [5.74, 6) is -0.476. The van der Waals surface area contributed by atoms with Gasteiger partial charge in [0.15, 0.2) is 11.5 Å². The highest BCUT2D eigenvalue weighted by molar-refractivity contribution is 6.34. The Morgan fingerprint density at radius 3 is 2.38 bits per heavy atom. The normalized spacial score (nSPS) is 12.6. The van der Waals surface area contributed by atoms with Crippen molar-refractivity contribution < 1.29 is 39.2 Å². The molecule has 3 rings (SSSR count). The summed E-state index contributed by atoms with van der Waals surface area (Å²) in [6, 6.07) is 3.78. The summed E-state index contributed by atoms with van der Waals surface area (Å²) in [4.78, 5) is 16.3. The minimum Gasteiger partial charge on any atom is -0.489 e. The van der Waals surface area contributed by atoms with Crippen molar-refractivity contribution in [2.24, 2.45) is 10.9 Å². The van der Waals surface area contributed by atoms with E-state index in [9.17, 15) is 18.8 Å². The van der Waals surface area contributed by atoms with Gasteiger partial charge in [0.25, 0.3) is 5.91 Å². The van der Waals surface area contributed by atoms with Crippen LogP contribution in [0.15, 0.2) is 35.6 Å². The molecule has 0 radical (unpaired) electrons. The molecule has 29 heavy (non-hydrogen) atoms. The fourth-order valence-corrected chi connectivity index (χ4v) is 2.75. The molecular formula is C17H18Cl2F2N2O6. The van der Waals surface area contributed by atoms with Crippen LogP contribution in [0.25, 0.3) is 0 Å². The molecule has 160 valence electrons. The lowest BCUT2D eigenvalue weighted by Gasteiger charge is -2.12. The fourth-order valence-electron chi connectivity index (χ4n) is 2.22. The van der Waals surface area contributed by atoms with Gasteiger partial charge in [-0.15, -0.1) is 0 Å². The second-order valence-electron chi connectivity index (χ2n) is 5.89. The molecule has 0 bridgehead atoms. The van der Waals surface area contributed by atoms with Gasteiger partial charge in [-0.3, -0.25) is 4.79 Å². The van der Waals surface area contributed by atoms with Crippen LogP contribution < -0.4 is 14.8 Å². The van der Waals surface area contributed by atoms with Crippen LogP contribution in [0.4, 0.5) is 8.78 Å². The maximum Gasteiger partial charge on any atom is 0.387 e. The van der Waals surface area contributed by atoms with Gasteiger partial charge in [0.1, 0.15) is 5.36 Å². The van der Waals surface area contributed by atoms with Gasteiger partial charge in [-0.25, -0.2) is 4.99 Å². The van der Waals surface area contributed by atoms with Crippen molar-refractivity contribution in [3.8, 4) is 11.5 Å². The van der Waals surface area contributed by atoms with Crippen LogP contribution in [0.1, 0.15) is 23.2 Å². The Morgan fingerprint density at radius 2 is 1.83 bits per heavy atom. The van der Waals surface area contributed by atoms with Gasteiger partial charge in [0.05, 0.1) is 29.0 Å². The standard InChI is InChI=1S/C17H14Cl2F2N2O4.2H2O/c18-11-6-23(25)7-12(19)15(11)22-16(24)10-3-4-13(27-17(20)21)14(5-10)26-8-9-1-2-9;;/h3-7,9,17,25H,1-2,8H2;2*1H2. The van der Waals surface area contributed by atoms with E-state index in [0.717, 1.165) is 25.2 Å². The molecule has 1 amide bonds. The number of aromatic nitrogens is 1. The van der Waals surface area contributed by atoms with E-state index >= 15 is 0 Å². The van der Waals surface area contributed by atoms with E-state index in [1.807, 2.05) is 0 Å². The highest BCUT2D eigenvalue weighted by atomic mass is 35.5. The second kappa shape index (κ2) is 10.4. The first-order valence-electron chi connectivity index (χ1n) is 7.90. The first-order valence-corrected chi connectivity index (χ1v) is 8.66. The predicted octanol–water partition coefficient (Wildman–Crippen LogP) is 2.51. The molecule has 0 spiro atoms. The van der Waals surface area contributed by atoms with Crippen molar-refractivity contribution in [1.82, 2.24) is 4.73 Å². The summed E-state index contributed by atoms with van der Waals surface area (Å²) < 4.78 is 35.7. The zero-order chi connectivity index (χ0) is 19.6. The molecule has 1 heterocycles. The van der Waals surface area contributed by atoms with Crippen molar-refractivity contribution in [3.63, 3.8) is 0 Å². The largest absolute Gasteiger partial charge is 0.489 e. The number of rotatable bonds is 6. The summed E-state index contributed by atoms with van der Waals surface area (Å²) in [6.07, 6.45) is 4.25. The third-order valence-electron chi connectivity index (χ3n) is 3.74. The zero-order valence-electron chi connectivity index (χ0n) is 14.7. The van der Waals surface area contributed by atoms with E-state index in [-0.39, 0.29) is 43.4 Å². The lowest BCUT2D eigenvalue weighted by molar-refractivity contribution is -0.0515. The molecule has 8 nitrogen and oxygen atoms in total. The summed E-state index contributed by atoms with van der Waals surface area (Å²) in [5, 5.41) is 9.24. The van der Waals surface area contributed by atoms with Crippen LogP contribution in [0, 0.1) is 5.92 Å². The van der Waals surface area contributed by atoms with Gasteiger partial charge in [0, 0.05) is 5.56 Å². The summed E-state index contributed by atoms with van der Waals surface area (Å²) in [6.45, 7) is -2.67. The first kappa shape index (κ1) is 24.6. The molecule has 0 unspecified atom stereocenters. The maximum atomic E-state index is 12.6. The molecule has 1 aromatic heterocycles. The van der Waals surface area contributed by atoms with Gasteiger partial charge in [-0.1, -0.05) is 23.2 Å². The number of carbonyl (C=O) groups is 1. The van der Waals surface area contributed by atoms with Crippen molar-refractivity contribution in [2.45, 2.75) is 19.5 Å². The van der Waals surface area contributed by atoms with Gasteiger partial charge < -0.3 is 25.6 Å². The number of alkyl halides is 2. The SMILES string of the molecule is O.O.O=C(N=c1c(Cl)cn(O)cc1Cl)c1ccc(OC(F)F)c(OCC2CC2)c1. The highest BCUT2D eigenvalue weighted by Crippen LogP contribution is 2.34. The number of hydrogen-bond acceptors (Lipinski definition) is 4. The molecular weight excluding hydrogens is 437 g/mol. The Labute approximate surface area is 173 Å². The van der Waals surface area contributed by atoms with Gasteiger partial charge >= 0.3 is 6.61 Å². The van der Waals surface area contributed by atoms with Crippen LogP contribution in [0.3, 0.4) is 0 Å². The van der Waals surface area contributed by atoms with Gasteiger partial charge in [-0.2, -0.15) is 13.5 Å². The number of carbonyl (C=O) groups excluding carboxylic acids is 1. The van der Waals surface area contributed by atoms with Crippen LogP contribution in [-0.2, 0) is 0 Å². The van der Waals surface area contributed by atoms with E-state index < -0.39 is 12.5 Å². The highest BCUT2D eigenvalue weighted by Gasteiger charge is 2.23. The minimum absolute atomic E-state index is 0. The van der Waals surface area contributed by atoms with E-state index in [0.29, 0.717) is 17.3 Å². The van der Waals surface area contributed by atoms with Gasteiger partial charge in [0.2, 0.25) is 0 Å². The first-order chi connectivity index (χ1) is 12.8. The smallest absolute Gasteiger partial charge is 0.387 e. The van der Waals surface area contributed by atoms with Crippen molar-refractivity contribution >= 4 is 29.1 Å². The second-order valence-corrected chi connectivity index (χ2v) is 6.71. The van der Waals surface area contributed by atoms with Crippen LogP contribution in [-0.4, -0.2) is 40.0 Å². The van der Waals surface area contributed by atoms with E-state index in [2.05, 4.69) is 9.73 Å². The molecule has 5 N–H and O–H groups in total. The minimum atomic E-state index is -3.02. The van der Waals surface area contributed by atoms with E-state index in [1.54, 1.807) is 0 Å².